The lowest BCUT2D eigenvalue weighted by atomic mass is 10.1. The van der Waals surface area contributed by atoms with Crippen molar-refractivity contribution < 1.29 is 23.1 Å². The Kier molecular flexibility index (Phi) is 3.72. The third-order valence-corrected chi connectivity index (χ3v) is 3.87. The molecule has 1 unspecified atom stereocenters. The number of sulfone groups is 1. The molecular weight excluding hydrogens is 246 g/mol. The number of carboxylic acid groups (broad SMARTS) is 1. The van der Waals surface area contributed by atoms with E-state index in [4.69, 9.17) is 5.11 Å². The van der Waals surface area contributed by atoms with E-state index < -0.39 is 27.8 Å². The van der Waals surface area contributed by atoms with E-state index in [0.717, 1.165) is 5.41 Å². The van der Waals surface area contributed by atoms with Crippen LogP contribution in [0.25, 0.3) is 0 Å². The molecule has 1 heterocycles. The molecule has 0 aliphatic carbocycles. The van der Waals surface area contributed by atoms with Crippen LogP contribution in [0.4, 0.5) is 0 Å². The van der Waals surface area contributed by atoms with Gasteiger partial charge >= 0.3 is 5.97 Å². The Bertz CT molecular complexity index is 515. The summed E-state index contributed by atoms with van der Waals surface area (Å²) in [6.45, 7) is 2.70. The van der Waals surface area contributed by atoms with Crippen molar-refractivity contribution in [3.8, 4) is 0 Å². The minimum Gasteiger partial charge on any atom is -0.478 e. The van der Waals surface area contributed by atoms with Crippen molar-refractivity contribution in [3.63, 3.8) is 0 Å². The first-order valence-electron chi connectivity index (χ1n) is 4.85. The summed E-state index contributed by atoms with van der Waals surface area (Å²) in [7, 11) is -3.23. The Morgan fingerprint density at radius 3 is 2.29 bits per heavy atom. The summed E-state index contributed by atoms with van der Waals surface area (Å²) in [4.78, 5) is 22.2. The summed E-state index contributed by atoms with van der Waals surface area (Å²) < 4.78 is 22.2. The predicted molar refractivity (Wildman–Crippen MR) is 60.9 cm³/mol. The summed E-state index contributed by atoms with van der Waals surface area (Å²) in [5.41, 5.74) is 0.00234. The fraction of sp³-hybridized carbons (Fsp3) is 0.400. The summed E-state index contributed by atoms with van der Waals surface area (Å²) in [6, 6.07) is -0.593. The molecule has 0 spiro atoms. The number of aliphatic carboxylic acids is 1. The first-order chi connectivity index (χ1) is 7.73. The molecule has 1 aliphatic heterocycles. The lowest BCUT2D eigenvalue weighted by Gasteiger charge is -2.11. The molecule has 0 saturated carbocycles. The molecule has 1 atom stereocenters. The highest BCUT2D eigenvalue weighted by atomic mass is 32.2. The number of carbonyl (C=O) groups excluding carboxylic acids is 1. The van der Waals surface area contributed by atoms with Gasteiger partial charge in [-0.25, -0.2) is 13.2 Å². The molecule has 2 N–H and O–H groups in total. The van der Waals surface area contributed by atoms with Crippen LogP contribution in [0.15, 0.2) is 22.6 Å². The molecule has 0 aromatic heterocycles. The highest BCUT2D eigenvalue weighted by Crippen LogP contribution is 2.10. The van der Waals surface area contributed by atoms with E-state index in [9.17, 15) is 18.0 Å². The van der Waals surface area contributed by atoms with Crippen LogP contribution in [-0.2, 0) is 19.4 Å². The monoisotopic (exact) mass is 259 g/mol. The molecule has 7 heteroatoms. The molecule has 94 valence electrons. The SMILES string of the molecule is CC(C(=O)O)=C(C)C(=O)NC1C=CS(=O)(=O)C1. The lowest BCUT2D eigenvalue weighted by molar-refractivity contribution is -0.133. The molecule has 0 aromatic carbocycles. The Balaban J connectivity index is 2.73. The fourth-order valence-electron chi connectivity index (χ4n) is 1.27. The van der Waals surface area contributed by atoms with E-state index in [1.807, 2.05) is 0 Å². The molecule has 0 bridgehead atoms. The Hall–Kier alpha value is -1.63. The van der Waals surface area contributed by atoms with Gasteiger partial charge in [0.25, 0.3) is 0 Å². The normalized spacial score (nSPS) is 23.1. The maximum absolute atomic E-state index is 11.6. The van der Waals surface area contributed by atoms with E-state index in [1.54, 1.807) is 0 Å². The zero-order valence-corrected chi connectivity index (χ0v) is 10.2. The molecule has 1 aliphatic rings. The van der Waals surface area contributed by atoms with Gasteiger partial charge in [0.05, 0.1) is 11.8 Å². The molecule has 17 heavy (non-hydrogen) atoms. The van der Waals surface area contributed by atoms with Crippen LogP contribution in [0.3, 0.4) is 0 Å². The van der Waals surface area contributed by atoms with Gasteiger partial charge in [0.15, 0.2) is 9.84 Å². The molecule has 1 amide bonds. The van der Waals surface area contributed by atoms with Crippen LogP contribution >= 0.6 is 0 Å². The third-order valence-electron chi connectivity index (χ3n) is 2.47. The van der Waals surface area contributed by atoms with Crippen LogP contribution in [-0.4, -0.2) is 37.2 Å². The first kappa shape index (κ1) is 13.4. The molecule has 0 aromatic rings. The molecule has 0 saturated heterocycles. The number of rotatable bonds is 3. The highest BCUT2D eigenvalue weighted by molar-refractivity contribution is 7.94. The van der Waals surface area contributed by atoms with E-state index >= 15 is 0 Å². The molecule has 0 radical (unpaired) electrons. The summed E-state index contributed by atoms with van der Waals surface area (Å²) in [5, 5.41) is 12.2. The van der Waals surface area contributed by atoms with E-state index in [0.29, 0.717) is 0 Å². The van der Waals surface area contributed by atoms with Crippen LogP contribution < -0.4 is 5.32 Å². The number of carbonyl (C=O) groups is 2. The summed E-state index contributed by atoms with van der Waals surface area (Å²) in [5.74, 6) is -1.93. The average Bonchev–Trinajstić information content (AvgIpc) is 2.55. The van der Waals surface area contributed by atoms with E-state index in [-0.39, 0.29) is 16.9 Å². The van der Waals surface area contributed by atoms with Crippen LogP contribution in [0.5, 0.6) is 0 Å². The van der Waals surface area contributed by atoms with Gasteiger partial charge in [-0.05, 0) is 19.9 Å². The van der Waals surface area contributed by atoms with Crippen LogP contribution in [0.2, 0.25) is 0 Å². The van der Waals surface area contributed by atoms with Crippen molar-refractivity contribution in [3.05, 3.63) is 22.6 Å². The Labute approximate surface area is 98.9 Å². The van der Waals surface area contributed by atoms with E-state index in [2.05, 4.69) is 5.32 Å². The maximum Gasteiger partial charge on any atom is 0.331 e. The number of hydrogen-bond acceptors (Lipinski definition) is 4. The van der Waals surface area contributed by atoms with Gasteiger partial charge in [-0.2, -0.15) is 0 Å². The zero-order valence-electron chi connectivity index (χ0n) is 9.43. The third kappa shape index (κ3) is 3.42. The predicted octanol–water partition coefficient (Wildman–Crippen LogP) is -0.166. The number of nitrogens with one attached hydrogen (secondary N) is 1. The lowest BCUT2D eigenvalue weighted by Crippen LogP contribution is -2.36. The highest BCUT2D eigenvalue weighted by Gasteiger charge is 2.24. The first-order valence-corrected chi connectivity index (χ1v) is 6.57. The molecule has 0 fully saturated rings. The summed E-state index contributed by atoms with van der Waals surface area (Å²) >= 11 is 0. The van der Waals surface area contributed by atoms with Gasteiger partial charge in [-0.15, -0.1) is 0 Å². The maximum atomic E-state index is 11.6. The molecular formula is C10H13NO5S. The van der Waals surface area contributed by atoms with E-state index in [1.165, 1.54) is 19.9 Å². The van der Waals surface area contributed by atoms with Gasteiger partial charge in [-0.3, -0.25) is 4.79 Å². The van der Waals surface area contributed by atoms with Crippen molar-refractivity contribution >= 4 is 21.7 Å². The van der Waals surface area contributed by atoms with Gasteiger partial charge in [0.2, 0.25) is 5.91 Å². The minimum absolute atomic E-state index is 0.0627. The summed E-state index contributed by atoms with van der Waals surface area (Å²) in [6.07, 6.45) is 1.37. The number of carboxylic acids is 1. The zero-order chi connectivity index (χ0) is 13.2. The Morgan fingerprint density at radius 1 is 1.29 bits per heavy atom. The van der Waals surface area contributed by atoms with Crippen LogP contribution in [0.1, 0.15) is 13.8 Å². The van der Waals surface area contributed by atoms with Crippen molar-refractivity contribution in [2.24, 2.45) is 0 Å². The smallest absolute Gasteiger partial charge is 0.331 e. The Morgan fingerprint density at radius 2 is 1.88 bits per heavy atom. The number of amides is 1. The van der Waals surface area contributed by atoms with Crippen molar-refractivity contribution in [1.29, 1.82) is 0 Å². The molecule has 6 nitrogen and oxygen atoms in total. The second-order valence-electron chi connectivity index (χ2n) is 3.79. The molecule has 1 rings (SSSR count). The second-order valence-corrected chi connectivity index (χ2v) is 5.72. The van der Waals surface area contributed by atoms with Crippen molar-refractivity contribution in [2.45, 2.75) is 19.9 Å². The quantitative estimate of drug-likeness (QED) is 0.685. The van der Waals surface area contributed by atoms with Gasteiger partial charge < -0.3 is 10.4 Å². The van der Waals surface area contributed by atoms with Crippen molar-refractivity contribution in [2.75, 3.05) is 5.75 Å². The fourth-order valence-corrected chi connectivity index (χ4v) is 2.51. The second kappa shape index (κ2) is 4.70. The minimum atomic E-state index is -3.23. The van der Waals surface area contributed by atoms with Gasteiger partial charge in [0.1, 0.15) is 0 Å². The topological polar surface area (TPSA) is 101 Å². The van der Waals surface area contributed by atoms with Crippen molar-refractivity contribution in [1.82, 2.24) is 5.32 Å². The standard InChI is InChI=1S/C10H13NO5S/c1-6(7(2)10(13)14)9(12)11-8-3-4-17(15,16)5-8/h3-4,8H,5H2,1-2H3,(H,11,12)(H,13,14). The van der Waals surface area contributed by atoms with Gasteiger partial charge in [0, 0.05) is 16.6 Å². The number of hydrogen-bond donors (Lipinski definition) is 2. The average molecular weight is 259 g/mol. The van der Waals surface area contributed by atoms with Gasteiger partial charge in [-0.1, -0.05) is 0 Å². The largest absolute Gasteiger partial charge is 0.478 e. The van der Waals surface area contributed by atoms with Crippen LogP contribution in [0, 0.1) is 0 Å².